The van der Waals surface area contributed by atoms with E-state index in [1.165, 1.54) is 329 Å². The van der Waals surface area contributed by atoms with E-state index in [0.29, 0.717) is 25.3 Å². The van der Waals surface area contributed by atoms with E-state index in [2.05, 4.69) is 45.3 Å². The highest BCUT2D eigenvalue weighted by molar-refractivity contribution is 5.78. The molecule has 82 heavy (non-hydrogen) atoms. The van der Waals surface area contributed by atoms with Crippen molar-refractivity contribution in [2.75, 3.05) is 106 Å². The summed E-state index contributed by atoms with van der Waals surface area (Å²) < 4.78 is 9.57. The molecule has 0 spiro atoms. The predicted molar refractivity (Wildman–Crippen MR) is 354 cm³/mol. The van der Waals surface area contributed by atoms with Crippen LogP contribution in [0, 0.1) is 0 Å². The molecule has 0 aromatic carbocycles. The molecule has 1 fully saturated rings. The standard InChI is InChI=1S/C72H143N5O5/c1-6-9-12-15-18-21-28-35-42-49-56-73(57-50-43-36-29-22-19-16-13-10-7-2)61-62-74(58-51-44-37-30-23-20-17-14-11-8-3)63-64-75-65-67-77(68-66-75)70(78)69-76(59-52-45-38-31-24-26-33-40-47-54-71(79)81-4)60-53-46-39-32-25-27-34-41-48-55-72(80)82-5/h6-69H2,1-5H3. The number of unbranched alkanes of at least 4 members (excludes halogenated alkanes) is 43. The summed E-state index contributed by atoms with van der Waals surface area (Å²) in [6.45, 7) is 21.8. The number of hydrogen-bond donors (Lipinski definition) is 0. The molecule has 0 N–H and O–H groups in total. The Kier molecular flexibility index (Phi) is 59.5. The van der Waals surface area contributed by atoms with Gasteiger partial charge in [-0.05, 0) is 77.7 Å². The Bertz CT molecular complexity index is 1280. The monoisotopic (exact) mass is 1160 g/mol. The van der Waals surface area contributed by atoms with Gasteiger partial charge in [0.25, 0.3) is 0 Å². The lowest BCUT2D eigenvalue weighted by molar-refractivity contribution is -0.141. The fraction of sp³-hybridized carbons (Fsp3) is 0.958. The van der Waals surface area contributed by atoms with E-state index < -0.39 is 0 Å². The summed E-state index contributed by atoms with van der Waals surface area (Å²) in [4.78, 5) is 50.0. The average molecular weight is 1160 g/mol. The minimum atomic E-state index is -0.0896. The maximum absolute atomic E-state index is 14.0. The fourth-order valence-electron chi connectivity index (χ4n) is 12.4. The van der Waals surface area contributed by atoms with Gasteiger partial charge in [0.15, 0.2) is 0 Å². The van der Waals surface area contributed by atoms with Crippen molar-refractivity contribution in [2.24, 2.45) is 0 Å². The van der Waals surface area contributed by atoms with Crippen molar-refractivity contribution >= 4 is 17.8 Å². The molecule has 1 aliphatic rings. The Labute approximate surface area is 511 Å². The van der Waals surface area contributed by atoms with Gasteiger partial charge in [0.2, 0.25) is 5.91 Å². The van der Waals surface area contributed by atoms with Gasteiger partial charge in [0.05, 0.1) is 20.8 Å². The Morgan fingerprint density at radius 1 is 0.293 bits per heavy atom. The van der Waals surface area contributed by atoms with Crippen molar-refractivity contribution in [3.05, 3.63) is 0 Å². The van der Waals surface area contributed by atoms with Crippen LogP contribution in [-0.4, -0.2) is 148 Å². The summed E-state index contributed by atoms with van der Waals surface area (Å²) in [5.74, 6) is 0.160. The predicted octanol–water partition coefficient (Wildman–Crippen LogP) is 18.9. The molecular formula is C72H143N5O5. The van der Waals surface area contributed by atoms with Crippen LogP contribution in [0.25, 0.3) is 0 Å². The number of carbonyl (C=O) groups is 3. The Morgan fingerprint density at radius 2 is 0.537 bits per heavy atom. The fourth-order valence-corrected chi connectivity index (χ4v) is 12.4. The summed E-state index contributed by atoms with van der Waals surface area (Å²) in [5, 5.41) is 0. The van der Waals surface area contributed by atoms with E-state index in [0.717, 1.165) is 78.0 Å². The van der Waals surface area contributed by atoms with Gasteiger partial charge in [-0.3, -0.25) is 24.2 Å². The molecule has 486 valence electrons. The SMILES string of the molecule is CCCCCCCCCCCCN(CCCCCCCCCCCC)CCN(CCCCCCCCCCCC)CCN1CCN(C(=O)CN(CCCCCCCCCCCC(=O)OC)CCCCCCCCCCCC(=O)OC)CC1. The minimum Gasteiger partial charge on any atom is -0.469 e. The van der Waals surface area contributed by atoms with Crippen LogP contribution in [0.1, 0.15) is 342 Å². The molecule has 10 nitrogen and oxygen atoms in total. The zero-order valence-corrected chi connectivity index (χ0v) is 56.0. The first-order valence-electron chi connectivity index (χ1n) is 36.7. The molecule has 0 bridgehead atoms. The molecule has 0 saturated carbocycles. The average Bonchev–Trinajstić information content (AvgIpc) is 3.50. The van der Waals surface area contributed by atoms with Gasteiger partial charge in [-0.25, -0.2) is 0 Å². The molecule has 0 aromatic heterocycles. The molecule has 0 atom stereocenters. The Morgan fingerprint density at radius 3 is 0.817 bits per heavy atom. The van der Waals surface area contributed by atoms with Crippen molar-refractivity contribution in [2.45, 2.75) is 342 Å². The summed E-state index contributed by atoms with van der Waals surface area (Å²) in [5.41, 5.74) is 0. The molecule has 0 radical (unpaired) electrons. The Balaban J connectivity index is 2.79. The van der Waals surface area contributed by atoms with Crippen LogP contribution in [0.5, 0.6) is 0 Å². The third kappa shape index (κ3) is 52.6. The summed E-state index contributed by atoms with van der Waals surface area (Å²) in [6, 6.07) is 0. The molecule has 1 rings (SSSR count). The van der Waals surface area contributed by atoms with E-state index in [9.17, 15) is 14.4 Å². The second-order valence-corrected chi connectivity index (χ2v) is 25.7. The van der Waals surface area contributed by atoms with Gasteiger partial charge in [-0.2, -0.15) is 0 Å². The highest BCUT2D eigenvalue weighted by Crippen LogP contribution is 2.18. The molecule has 1 aliphatic heterocycles. The summed E-state index contributed by atoms with van der Waals surface area (Å²) in [6.07, 6.45) is 64.6. The van der Waals surface area contributed by atoms with E-state index in [4.69, 9.17) is 9.47 Å². The van der Waals surface area contributed by atoms with E-state index in [1.54, 1.807) is 0 Å². The van der Waals surface area contributed by atoms with Gasteiger partial charge in [-0.15, -0.1) is 0 Å². The number of methoxy groups -OCH3 is 2. The number of ether oxygens (including phenoxy) is 2. The van der Waals surface area contributed by atoms with Gasteiger partial charge in [-0.1, -0.05) is 284 Å². The number of rotatable bonds is 65. The molecule has 1 amide bonds. The summed E-state index contributed by atoms with van der Waals surface area (Å²) in [7, 11) is 2.95. The third-order valence-corrected chi connectivity index (χ3v) is 18.2. The molecule has 0 unspecified atom stereocenters. The van der Waals surface area contributed by atoms with E-state index in [-0.39, 0.29) is 11.9 Å². The number of carbonyl (C=O) groups excluding carboxylic acids is 3. The van der Waals surface area contributed by atoms with Gasteiger partial charge in [0, 0.05) is 65.2 Å². The van der Waals surface area contributed by atoms with Crippen molar-refractivity contribution < 1.29 is 23.9 Å². The van der Waals surface area contributed by atoms with Gasteiger partial charge < -0.3 is 24.2 Å². The summed E-state index contributed by atoms with van der Waals surface area (Å²) >= 11 is 0. The van der Waals surface area contributed by atoms with E-state index in [1.807, 2.05) is 0 Å². The second kappa shape index (κ2) is 62.3. The first-order valence-corrected chi connectivity index (χ1v) is 36.7. The normalized spacial score (nSPS) is 13.1. The van der Waals surface area contributed by atoms with Crippen molar-refractivity contribution in [3.63, 3.8) is 0 Å². The van der Waals surface area contributed by atoms with Crippen molar-refractivity contribution in [3.8, 4) is 0 Å². The first kappa shape index (κ1) is 78.3. The van der Waals surface area contributed by atoms with Crippen molar-refractivity contribution in [1.29, 1.82) is 0 Å². The lowest BCUT2D eigenvalue weighted by Gasteiger charge is -2.37. The van der Waals surface area contributed by atoms with Crippen LogP contribution < -0.4 is 0 Å². The molecular weight excluding hydrogens is 1010 g/mol. The lowest BCUT2D eigenvalue weighted by atomic mass is 10.1. The molecule has 0 aliphatic carbocycles. The van der Waals surface area contributed by atoms with Gasteiger partial charge >= 0.3 is 11.9 Å². The van der Waals surface area contributed by atoms with Gasteiger partial charge in [0.1, 0.15) is 0 Å². The second-order valence-electron chi connectivity index (χ2n) is 25.7. The van der Waals surface area contributed by atoms with Crippen LogP contribution in [0.15, 0.2) is 0 Å². The molecule has 0 aromatic rings. The van der Waals surface area contributed by atoms with E-state index >= 15 is 0 Å². The van der Waals surface area contributed by atoms with Crippen LogP contribution in [0.3, 0.4) is 0 Å². The lowest BCUT2D eigenvalue weighted by Crippen LogP contribution is -2.52. The van der Waals surface area contributed by atoms with Crippen molar-refractivity contribution in [1.82, 2.24) is 24.5 Å². The van der Waals surface area contributed by atoms with Crippen LogP contribution >= 0.6 is 0 Å². The van der Waals surface area contributed by atoms with Crippen LogP contribution in [0.4, 0.5) is 0 Å². The zero-order chi connectivity index (χ0) is 59.3. The van der Waals surface area contributed by atoms with Crippen LogP contribution in [-0.2, 0) is 23.9 Å². The highest BCUT2D eigenvalue weighted by Gasteiger charge is 2.23. The maximum atomic E-state index is 14.0. The minimum absolute atomic E-state index is 0.0896. The topological polar surface area (TPSA) is 85.9 Å². The molecule has 1 saturated heterocycles. The zero-order valence-electron chi connectivity index (χ0n) is 56.0. The number of amides is 1. The molecule has 1 heterocycles. The Hall–Kier alpha value is -1.75. The largest absolute Gasteiger partial charge is 0.469 e. The number of piperazine rings is 1. The highest BCUT2D eigenvalue weighted by atomic mass is 16.5. The number of nitrogens with zero attached hydrogens (tertiary/aromatic N) is 5. The number of esters is 2. The molecule has 10 heteroatoms. The maximum Gasteiger partial charge on any atom is 0.305 e. The quantitative estimate of drug-likeness (QED) is 0.0437. The smallest absolute Gasteiger partial charge is 0.305 e. The van der Waals surface area contributed by atoms with Crippen LogP contribution in [0.2, 0.25) is 0 Å². The number of hydrogen-bond acceptors (Lipinski definition) is 9. The third-order valence-electron chi connectivity index (χ3n) is 18.2. The first-order chi connectivity index (χ1) is 40.4.